The molecule has 0 amide bonds. The summed E-state index contributed by atoms with van der Waals surface area (Å²) in [7, 11) is 0. The van der Waals surface area contributed by atoms with Crippen LogP contribution in [0, 0.1) is 0 Å². The number of hydrogen-bond donors (Lipinski definition) is 1. The number of halogens is 2. The predicted molar refractivity (Wildman–Crippen MR) is 39.3 cm³/mol. The van der Waals surface area contributed by atoms with Gasteiger partial charge in [0.1, 0.15) is 0 Å². The highest BCUT2D eigenvalue weighted by molar-refractivity contribution is 5.22. The number of alkyl halides is 2. The molecular formula is C8H9F2N. The van der Waals surface area contributed by atoms with Gasteiger partial charge in [0.25, 0.3) is 6.43 Å². The van der Waals surface area contributed by atoms with Crippen LogP contribution in [-0.2, 0) is 6.54 Å². The number of benzene rings is 1. The fourth-order valence-corrected chi connectivity index (χ4v) is 0.799. The Morgan fingerprint density at radius 3 is 2.09 bits per heavy atom. The third kappa shape index (κ3) is 1.98. The van der Waals surface area contributed by atoms with Crippen LogP contribution in [0.2, 0.25) is 0 Å². The molecular weight excluding hydrogens is 148 g/mol. The van der Waals surface area contributed by atoms with Gasteiger partial charge in [-0.15, -0.1) is 0 Å². The first-order valence-electron chi connectivity index (χ1n) is 3.31. The fraction of sp³-hybridized carbons (Fsp3) is 0.250. The molecule has 0 bridgehead atoms. The molecule has 0 fully saturated rings. The van der Waals surface area contributed by atoms with Gasteiger partial charge in [-0.2, -0.15) is 0 Å². The van der Waals surface area contributed by atoms with E-state index in [1.165, 1.54) is 12.1 Å². The van der Waals surface area contributed by atoms with E-state index in [1.54, 1.807) is 12.1 Å². The van der Waals surface area contributed by atoms with E-state index in [1.807, 2.05) is 0 Å². The molecule has 3 heteroatoms. The van der Waals surface area contributed by atoms with Crippen LogP contribution < -0.4 is 5.73 Å². The highest BCUT2D eigenvalue weighted by atomic mass is 19.3. The van der Waals surface area contributed by atoms with Crippen LogP contribution in [0.25, 0.3) is 0 Å². The molecule has 0 saturated carbocycles. The third-order valence-electron chi connectivity index (χ3n) is 1.47. The highest BCUT2D eigenvalue weighted by Gasteiger charge is 2.04. The van der Waals surface area contributed by atoms with E-state index in [9.17, 15) is 8.78 Å². The maximum Gasteiger partial charge on any atom is 0.263 e. The lowest BCUT2D eigenvalue weighted by Crippen LogP contribution is -1.95. The maximum absolute atomic E-state index is 12.0. The zero-order chi connectivity index (χ0) is 8.27. The molecule has 0 spiro atoms. The molecule has 0 atom stereocenters. The van der Waals surface area contributed by atoms with E-state index in [2.05, 4.69) is 0 Å². The molecule has 0 aliphatic carbocycles. The molecule has 1 nitrogen and oxygen atoms in total. The molecule has 0 unspecified atom stereocenters. The average Bonchev–Trinajstić information content (AvgIpc) is 2.05. The van der Waals surface area contributed by atoms with Crippen LogP contribution in [0.4, 0.5) is 8.78 Å². The van der Waals surface area contributed by atoms with Crippen molar-refractivity contribution in [3.8, 4) is 0 Å². The Bertz CT molecular complexity index is 218. The molecule has 0 radical (unpaired) electrons. The molecule has 1 aromatic carbocycles. The molecule has 0 saturated heterocycles. The Morgan fingerprint density at radius 2 is 1.73 bits per heavy atom. The van der Waals surface area contributed by atoms with Gasteiger partial charge in [0.15, 0.2) is 0 Å². The first-order chi connectivity index (χ1) is 5.24. The summed E-state index contributed by atoms with van der Waals surface area (Å²) < 4.78 is 23.9. The van der Waals surface area contributed by atoms with Crippen LogP contribution in [0.1, 0.15) is 17.6 Å². The predicted octanol–water partition coefficient (Wildman–Crippen LogP) is 2.08. The second-order valence-corrected chi connectivity index (χ2v) is 2.25. The standard InChI is InChI=1S/C8H9F2N/c9-8(10)7-3-1-6(5-11)2-4-7/h1-4,8H,5,11H2. The second kappa shape index (κ2) is 3.44. The normalized spacial score (nSPS) is 10.5. The average molecular weight is 157 g/mol. The van der Waals surface area contributed by atoms with Gasteiger partial charge >= 0.3 is 0 Å². The zero-order valence-corrected chi connectivity index (χ0v) is 5.93. The Labute approximate surface area is 63.8 Å². The first kappa shape index (κ1) is 8.14. The Hall–Kier alpha value is -0.960. The number of rotatable bonds is 2. The first-order valence-corrected chi connectivity index (χ1v) is 3.31. The fourth-order valence-electron chi connectivity index (χ4n) is 0.799. The van der Waals surface area contributed by atoms with Crippen LogP contribution in [0.15, 0.2) is 24.3 Å². The monoisotopic (exact) mass is 157 g/mol. The van der Waals surface area contributed by atoms with Gasteiger partial charge in [-0.3, -0.25) is 0 Å². The van der Waals surface area contributed by atoms with E-state index in [4.69, 9.17) is 5.73 Å². The SMILES string of the molecule is NCc1ccc(C(F)F)cc1. The van der Waals surface area contributed by atoms with Gasteiger partial charge in [0.2, 0.25) is 0 Å². The van der Waals surface area contributed by atoms with Gasteiger partial charge in [0, 0.05) is 12.1 Å². The largest absolute Gasteiger partial charge is 0.326 e. The molecule has 2 N–H and O–H groups in total. The van der Waals surface area contributed by atoms with Gasteiger partial charge < -0.3 is 5.73 Å². The van der Waals surface area contributed by atoms with Crippen molar-refractivity contribution in [2.75, 3.05) is 0 Å². The molecule has 11 heavy (non-hydrogen) atoms. The van der Waals surface area contributed by atoms with Crippen LogP contribution >= 0.6 is 0 Å². The summed E-state index contributed by atoms with van der Waals surface area (Å²) in [5.74, 6) is 0. The van der Waals surface area contributed by atoms with Crippen molar-refractivity contribution in [3.05, 3.63) is 35.4 Å². The van der Waals surface area contributed by atoms with Crippen LogP contribution in [0.3, 0.4) is 0 Å². The van der Waals surface area contributed by atoms with Crippen molar-refractivity contribution in [2.45, 2.75) is 13.0 Å². The molecule has 1 aromatic rings. The lowest BCUT2D eigenvalue weighted by atomic mass is 10.1. The smallest absolute Gasteiger partial charge is 0.263 e. The van der Waals surface area contributed by atoms with Gasteiger partial charge in [-0.05, 0) is 5.56 Å². The summed E-state index contributed by atoms with van der Waals surface area (Å²) in [6.45, 7) is 0.392. The van der Waals surface area contributed by atoms with Gasteiger partial charge in [-0.25, -0.2) is 8.78 Å². The highest BCUT2D eigenvalue weighted by Crippen LogP contribution is 2.18. The molecule has 0 aliphatic rings. The molecule has 0 aliphatic heterocycles. The van der Waals surface area contributed by atoms with E-state index in [-0.39, 0.29) is 5.56 Å². The zero-order valence-electron chi connectivity index (χ0n) is 5.93. The minimum Gasteiger partial charge on any atom is -0.326 e. The summed E-state index contributed by atoms with van der Waals surface area (Å²) in [5.41, 5.74) is 6.20. The van der Waals surface area contributed by atoms with E-state index in [0.29, 0.717) is 6.54 Å². The Balaban J connectivity index is 2.83. The quantitative estimate of drug-likeness (QED) is 0.698. The van der Waals surface area contributed by atoms with Crippen molar-refractivity contribution >= 4 is 0 Å². The summed E-state index contributed by atoms with van der Waals surface area (Å²) in [6, 6.07) is 6.02. The van der Waals surface area contributed by atoms with Crippen molar-refractivity contribution in [1.82, 2.24) is 0 Å². The van der Waals surface area contributed by atoms with Crippen LogP contribution in [-0.4, -0.2) is 0 Å². The molecule has 1 rings (SSSR count). The van der Waals surface area contributed by atoms with E-state index in [0.717, 1.165) is 5.56 Å². The van der Waals surface area contributed by atoms with Crippen molar-refractivity contribution in [1.29, 1.82) is 0 Å². The summed E-state index contributed by atoms with van der Waals surface area (Å²) >= 11 is 0. The topological polar surface area (TPSA) is 26.0 Å². The van der Waals surface area contributed by atoms with Crippen molar-refractivity contribution < 1.29 is 8.78 Å². The Kier molecular flexibility index (Phi) is 2.54. The molecule has 60 valence electrons. The summed E-state index contributed by atoms with van der Waals surface area (Å²) in [6.07, 6.45) is -2.39. The Morgan fingerprint density at radius 1 is 1.18 bits per heavy atom. The third-order valence-corrected chi connectivity index (χ3v) is 1.47. The van der Waals surface area contributed by atoms with Crippen molar-refractivity contribution in [3.63, 3.8) is 0 Å². The second-order valence-electron chi connectivity index (χ2n) is 2.25. The van der Waals surface area contributed by atoms with Gasteiger partial charge in [0.05, 0.1) is 0 Å². The minimum absolute atomic E-state index is 0.0437. The van der Waals surface area contributed by atoms with Crippen molar-refractivity contribution in [2.24, 2.45) is 5.73 Å². The summed E-state index contributed by atoms with van der Waals surface area (Å²) in [5, 5.41) is 0. The molecule has 0 aromatic heterocycles. The van der Waals surface area contributed by atoms with Gasteiger partial charge in [-0.1, -0.05) is 24.3 Å². The number of nitrogens with two attached hydrogens (primary N) is 1. The maximum atomic E-state index is 12.0. The lowest BCUT2D eigenvalue weighted by Gasteiger charge is -1.99. The van der Waals surface area contributed by atoms with Crippen LogP contribution in [0.5, 0.6) is 0 Å². The minimum atomic E-state index is -2.39. The lowest BCUT2D eigenvalue weighted by molar-refractivity contribution is 0.151. The molecule has 0 heterocycles. The van der Waals surface area contributed by atoms with E-state index >= 15 is 0 Å². The summed E-state index contributed by atoms with van der Waals surface area (Å²) in [4.78, 5) is 0. The van der Waals surface area contributed by atoms with E-state index < -0.39 is 6.43 Å². The number of hydrogen-bond acceptors (Lipinski definition) is 1.